The van der Waals surface area contributed by atoms with E-state index in [0.29, 0.717) is 52.7 Å². The fraction of sp³-hybridized carbons (Fsp3) is 0.328. The van der Waals surface area contributed by atoms with Crippen molar-refractivity contribution in [3.05, 3.63) is 213 Å². The van der Waals surface area contributed by atoms with E-state index in [0.717, 1.165) is 47.1 Å². The minimum Gasteiger partial charge on any atom is -0.475 e. The van der Waals surface area contributed by atoms with Gasteiger partial charge in [0.05, 0.1) is 61.5 Å². The molecule has 95 heavy (non-hydrogen) atoms. The minimum absolute atomic E-state index is 0.0118. The van der Waals surface area contributed by atoms with Crippen LogP contribution in [-0.4, -0.2) is 125 Å². The number of nitro groups is 2. The lowest BCUT2D eigenvalue weighted by molar-refractivity contribution is -0.485. The van der Waals surface area contributed by atoms with Crippen LogP contribution in [0.15, 0.2) is 142 Å². The van der Waals surface area contributed by atoms with Gasteiger partial charge in [0.1, 0.15) is 48.1 Å². The molecule has 9 aromatic rings. The van der Waals surface area contributed by atoms with Crippen LogP contribution in [0, 0.1) is 37.7 Å². The Labute approximate surface area is 548 Å². The SMILES string of the molecule is C1CCOC1.CC(C)(O)c1ccc(-c2nc3ccc(F)cc3c(=O)[nH]2)cc1.CC(C)(OCCN)c1ccc(-c2nc3ccc(F)cc3c(=O)[nH]2)cc1.CC(C)(OCC[N+](=O)[O-])c1ccc(-c2nc3ccc(F)cc3c(=O)[nH]2)cc1.ClCCl.O=C(O)C(F)(F)F.O=[N+]([O-])CCO. The van der Waals surface area contributed by atoms with Crippen molar-refractivity contribution in [1.82, 2.24) is 29.9 Å². The van der Waals surface area contributed by atoms with Crippen LogP contribution < -0.4 is 22.4 Å². The van der Waals surface area contributed by atoms with Gasteiger partial charge in [-0.25, -0.2) is 32.9 Å². The summed E-state index contributed by atoms with van der Waals surface area (Å²) in [6.45, 7) is 13.0. The average Bonchev–Trinajstić information content (AvgIpc) is 0.980. The third-order valence-corrected chi connectivity index (χ3v) is 13.2. The molecule has 31 heteroatoms. The Balaban J connectivity index is 0.000000263. The standard InChI is InChI=1S/C19H18FN3O4.C19H20FN3O2.C17H15FN2O2.C4H8O.C2HF3O2.C2H5NO3.CH2Cl2/c1-19(2,27-10-9-23(25)26)13-5-3-12(4-6-13)17-21-16-8-7-14(20)11-15(16)18(24)22-17;1-19(2,25-10-9-21)13-5-3-12(4-6-13)17-22-16-8-7-14(20)11-15(16)18(24)23-17;1-17(2,22)11-5-3-10(4-6-11)15-19-14-8-7-12(18)9-13(14)16(21)20-15;1-2-4-5-3-1;3-2(4,5)1(6)7;4-2-1-3(5)6;2-1-3/h3-8,11H,9-10H2,1-2H3,(H,21,22,24);3-8,11H,9-10,21H2,1-2H3,(H,22,23,24);3-9,22H,1-2H3,(H,19,20,21);1-4H2;(H,6,7);4H,1-2H2;1H2. The number of aliphatic hydroxyl groups is 2. The third kappa shape index (κ3) is 25.3. The average molecular weight is 1370 g/mol. The molecule has 0 unspecified atom stereocenters. The highest BCUT2D eigenvalue weighted by Gasteiger charge is 2.38. The van der Waals surface area contributed by atoms with Crippen molar-refractivity contribution >= 4 is 61.9 Å². The second kappa shape index (κ2) is 36.6. The number of aromatic amines is 3. The second-order valence-corrected chi connectivity index (χ2v) is 22.4. The number of carboxylic acids is 1. The first-order chi connectivity index (χ1) is 44.6. The molecule has 0 amide bonds. The second-order valence-electron chi connectivity index (χ2n) is 21.6. The smallest absolute Gasteiger partial charge is 0.475 e. The first-order valence-electron chi connectivity index (χ1n) is 28.6. The largest absolute Gasteiger partial charge is 0.490 e. The normalized spacial score (nSPS) is 12.0. The molecule has 0 saturated carbocycles. The van der Waals surface area contributed by atoms with E-state index in [1.807, 2.05) is 64.1 Å². The van der Waals surface area contributed by atoms with E-state index in [-0.39, 0.29) is 58.9 Å². The van der Waals surface area contributed by atoms with Crippen molar-refractivity contribution in [2.45, 2.75) is 77.4 Å². The predicted molar refractivity (Wildman–Crippen MR) is 347 cm³/mol. The number of nitrogens with zero attached hydrogens (tertiary/aromatic N) is 5. The number of alkyl halides is 5. The van der Waals surface area contributed by atoms with Gasteiger partial charge in [0, 0.05) is 46.3 Å². The molecule has 1 aliphatic rings. The Bertz CT molecular complexity index is 4160. The first kappa shape index (κ1) is 78.4. The molecule has 23 nitrogen and oxygen atoms in total. The topological polar surface area (TPSA) is 355 Å². The molecule has 0 atom stereocenters. The highest BCUT2D eigenvalue weighted by Crippen LogP contribution is 2.29. The Kier molecular flexibility index (Phi) is 30.2. The first-order valence-corrected chi connectivity index (χ1v) is 29.7. The summed E-state index contributed by atoms with van der Waals surface area (Å²) >= 11 is 9.53. The number of carboxylic acid groups (broad SMARTS) is 1. The summed E-state index contributed by atoms with van der Waals surface area (Å²) in [5.74, 6) is -2.96. The predicted octanol–water partition coefficient (Wildman–Crippen LogP) is 11.3. The Morgan fingerprint density at radius 2 is 0.884 bits per heavy atom. The van der Waals surface area contributed by atoms with Crippen molar-refractivity contribution in [1.29, 1.82) is 0 Å². The lowest BCUT2D eigenvalue weighted by Gasteiger charge is -2.25. The number of aromatic nitrogens is 6. The fourth-order valence-corrected chi connectivity index (χ4v) is 8.29. The van der Waals surface area contributed by atoms with Crippen LogP contribution in [0.25, 0.3) is 66.9 Å². The van der Waals surface area contributed by atoms with Crippen LogP contribution in [0.5, 0.6) is 0 Å². The van der Waals surface area contributed by atoms with Gasteiger partial charge in [-0.1, -0.05) is 72.8 Å². The molecule has 10 rings (SSSR count). The number of halogens is 8. The highest BCUT2D eigenvalue weighted by atomic mass is 35.5. The maximum Gasteiger partial charge on any atom is 0.490 e. The molecule has 0 radical (unpaired) electrons. The van der Waals surface area contributed by atoms with E-state index in [1.54, 1.807) is 50.2 Å². The Morgan fingerprint density at radius 1 is 0.579 bits per heavy atom. The molecule has 1 fully saturated rings. The summed E-state index contributed by atoms with van der Waals surface area (Å²) in [5.41, 5.74) is 8.30. The van der Waals surface area contributed by atoms with Gasteiger partial charge in [0.2, 0.25) is 13.1 Å². The van der Waals surface area contributed by atoms with E-state index < -0.39 is 61.8 Å². The summed E-state index contributed by atoms with van der Waals surface area (Å²) < 4.78 is 87.8. The number of benzene rings is 6. The van der Waals surface area contributed by atoms with Crippen LogP contribution in [0.3, 0.4) is 0 Å². The number of aliphatic hydroxyl groups excluding tert-OH is 1. The van der Waals surface area contributed by atoms with Crippen molar-refractivity contribution in [2.24, 2.45) is 5.73 Å². The molecule has 4 heterocycles. The van der Waals surface area contributed by atoms with Gasteiger partial charge in [0.15, 0.2) is 0 Å². The van der Waals surface area contributed by atoms with Gasteiger partial charge in [0.25, 0.3) is 16.7 Å². The number of nitrogens with one attached hydrogen (secondary N) is 3. The van der Waals surface area contributed by atoms with Crippen molar-refractivity contribution < 1.29 is 70.5 Å². The van der Waals surface area contributed by atoms with E-state index in [9.17, 15) is 66.1 Å². The molecule has 8 N–H and O–H groups in total. The van der Waals surface area contributed by atoms with Gasteiger partial charge in [-0.3, -0.25) is 34.6 Å². The summed E-state index contributed by atoms with van der Waals surface area (Å²) in [4.78, 5) is 85.2. The fourth-order valence-electron chi connectivity index (χ4n) is 8.29. The van der Waals surface area contributed by atoms with Crippen LogP contribution in [0.4, 0.5) is 26.3 Å². The quantitative estimate of drug-likeness (QED) is 0.0217. The number of ether oxygens (including phenoxy) is 3. The van der Waals surface area contributed by atoms with Crippen LogP contribution >= 0.6 is 23.2 Å². The van der Waals surface area contributed by atoms with E-state index in [4.69, 9.17) is 58.2 Å². The number of aliphatic carboxylic acids is 1. The number of hydrogen-bond acceptors (Lipinski definition) is 17. The molecule has 0 bridgehead atoms. The molecule has 1 aliphatic heterocycles. The van der Waals surface area contributed by atoms with Gasteiger partial charge < -0.3 is 50.2 Å². The molecule has 3 aromatic heterocycles. The number of H-pyrrole nitrogens is 3. The van der Waals surface area contributed by atoms with Crippen LogP contribution in [0.2, 0.25) is 0 Å². The zero-order valence-electron chi connectivity index (χ0n) is 52.1. The lowest BCUT2D eigenvalue weighted by atomic mass is 9.96. The number of hydrogen-bond donors (Lipinski definition) is 7. The number of nitrogens with two attached hydrogens (primary N) is 1. The number of fused-ring (bicyclic) bond motifs is 3. The van der Waals surface area contributed by atoms with Crippen LogP contribution in [0.1, 0.15) is 71.1 Å². The van der Waals surface area contributed by atoms with Gasteiger partial charge >= 0.3 is 12.1 Å². The Hall–Kier alpha value is -9.07. The number of carbonyl (C=O) groups is 1. The Morgan fingerprint density at radius 3 is 1.13 bits per heavy atom. The summed E-state index contributed by atoms with van der Waals surface area (Å²) in [5, 5.41) is 45.4. The van der Waals surface area contributed by atoms with Crippen molar-refractivity contribution in [3.8, 4) is 34.2 Å². The zero-order valence-corrected chi connectivity index (χ0v) is 53.6. The van der Waals surface area contributed by atoms with E-state index in [2.05, 4.69) is 29.9 Å². The summed E-state index contributed by atoms with van der Waals surface area (Å²) in [6, 6.07) is 33.7. The van der Waals surface area contributed by atoms with Gasteiger partial charge in [-0.15, -0.1) is 23.2 Å². The van der Waals surface area contributed by atoms with Gasteiger partial charge in [-0.05, 0) is 126 Å². The third-order valence-electron chi connectivity index (χ3n) is 13.2. The zero-order chi connectivity index (χ0) is 70.8. The highest BCUT2D eigenvalue weighted by molar-refractivity contribution is 6.40. The maximum atomic E-state index is 13.3. The number of rotatable bonds is 15. The minimum atomic E-state index is -5.08. The summed E-state index contributed by atoms with van der Waals surface area (Å²) in [6.07, 6.45) is -2.53. The molecule has 0 aliphatic carbocycles. The lowest BCUT2D eigenvalue weighted by Crippen LogP contribution is -2.25. The molecule has 0 spiro atoms. The summed E-state index contributed by atoms with van der Waals surface area (Å²) in [7, 11) is 0. The monoisotopic (exact) mass is 1370 g/mol. The molecular formula is C64H69Cl2F6N9O14. The molecule has 510 valence electrons. The van der Waals surface area contributed by atoms with E-state index >= 15 is 0 Å². The maximum absolute atomic E-state index is 13.3. The van der Waals surface area contributed by atoms with Gasteiger partial charge in [-0.2, -0.15) is 13.2 Å². The van der Waals surface area contributed by atoms with E-state index in [1.165, 1.54) is 61.4 Å². The van der Waals surface area contributed by atoms with Crippen molar-refractivity contribution in [2.75, 3.05) is 58.0 Å². The van der Waals surface area contributed by atoms with Crippen LogP contribution in [-0.2, 0) is 35.8 Å². The molecule has 1 saturated heterocycles. The molecule has 6 aromatic carbocycles. The van der Waals surface area contributed by atoms with Crippen molar-refractivity contribution in [3.63, 3.8) is 0 Å². The molecular weight excluding hydrogens is 1300 g/mol.